The number of hydrogen-bond donors (Lipinski definition) is 1. The molecule has 0 aromatic heterocycles. The normalized spacial score (nSPS) is 9.60. The van der Waals surface area contributed by atoms with Crippen molar-refractivity contribution in [2.45, 2.75) is 7.43 Å². The van der Waals surface area contributed by atoms with Crippen molar-refractivity contribution in [2.24, 2.45) is 0 Å². The highest BCUT2D eigenvalue weighted by atomic mass is 35.5. The van der Waals surface area contributed by atoms with Crippen molar-refractivity contribution in [3.05, 3.63) is 83.9 Å². The van der Waals surface area contributed by atoms with Gasteiger partial charge in [0.25, 0.3) is 0 Å². The van der Waals surface area contributed by atoms with Crippen LogP contribution in [0.3, 0.4) is 0 Å². The van der Waals surface area contributed by atoms with Gasteiger partial charge in [-0.3, -0.25) is 4.79 Å². The van der Waals surface area contributed by atoms with Gasteiger partial charge in [-0.25, -0.2) is 14.4 Å². The van der Waals surface area contributed by atoms with Crippen LogP contribution in [0.4, 0.5) is 9.59 Å². The van der Waals surface area contributed by atoms with Crippen molar-refractivity contribution in [3.8, 4) is 11.5 Å². The highest BCUT2D eigenvalue weighted by Gasteiger charge is 2.09. The van der Waals surface area contributed by atoms with Crippen LogP contribution in [0.1, 0.15) is 28.1 Å². The maximum atomic E-state index is 11.5. The first kappa shape index (κ1) is 35.2. The quantitative estimate of drug-likeness (QED) is 0.160. The molecule has 2 amide bonds. The zero-order chi connectivity index (χ0) is 30.7. The predicted molar refractivity (Wildman–Crippen MR) is 164 cm³/mol. The minimum Gasteiger partial charge on any atom is -0.508 e. The summed E-state index contributed by atoms with van der Waals surface area (Å²) in [6, 6.07) is 20.6. The third kappa shape index (κ3) is 10.3. The maximum absolute atomic E-state index is 11.5. The molecular formula is C31H35ClN2O8. The van der Waals surface area contributed by atoms with E-state index in [-0.39, 0.29) is 25.1 Å². The predicted octanol–water partition coefficient (Wildman–Crippen LogP) is 6.56. The molecule has 0 aliphatic heterocycles. The highest BCUT2D eigenvalue weighted by Crippen LogP contribution is 2.23. The highest BCUT2D eigenvalue weighted by molar-refractivity contribution is 6.62. The summed E-state index contributed by atoms with van der Waals surface area (Å²) in [6.07, 6.45) is -0.435. The lowest BCUT2D eigenvalue weighted by Gasteiger charge is -2.11. The van der Waals surface area contributed by atoms with Crippen LogP contribution >= 0.6 is 11.6 Å². The molecule has 0 saturated carbocycles. The van der Waals surface area contributed by atoms with Gasteiger partial charge in [0.05, 0.1) is 25.3 Å². The second kappa shape index (κ2) is 16.4. The Morgan fingerprint density at radius 1 is 0.643 bits per heavy atom. The average Bonchev–Trinajstić information content (AvgIpc) is 2.96. The lowest BCUT2D eigenvalue weighted by atomic mass is 10.1. The molecule has 0 aliphatic rings. The number of ether oxygens (including phenoxy) is 3. The standard InChI is InChI=1S/C15H15NO4.C12H10O3.C3H6ClNO.CH4/c1-16(2)15(18)20-13-7-6-10-8-12(14(17)19-3)5-4-11(10)9-13;1-15-12(14)10-3-2-9-7-11(13)5-4-8(9)6-10;1-5(2)3(4)6;/h4-9H,1-3H3;2-7,13H,1H3;1-2H3;1H4. The van der Waals surface area contributed by atoms with Gasteiger partial charge in [0.15, 0.2) is 0 Å². The summed E-state index contributed by atoms with van der Waals surface area (Å²) >= 11 is 4.90. The molecule has 4 aromatic rings. The van der Waals surface area contributed by atoms with Gasteiger partial charge in [0, 0.05) is 28.2 Å². The smallest absolute Gasteiger partial charge is 0.414 e. The van der Waals surface area contributed by atoms with Crippen molar-refractivity contribution in [2.75, 3.05) is 42.4 Å². The Morgan fingerprint density at radius 3 is 1.48 bits per heavy atom. The Hall–Kier alpha value is -4.83. The summed E-state index contributed by atoms with van der Waals surface area (Å²) < 4.78 is 14.5. The van der Waals surface area contributed by atoms with E-state index in [2.05, 4.69) is 9.47 Å². The molecule has 10 nitrogen and oxygen atoms in total. The Bertz CT molecular complexity index is 1550. The van der Waals surface area contributed by atoms with E-state index in [1.165, 1.54) is 24.0 Å². The van der Waals surface area contributed by atoms with E-state index in [0.29, 0.717) is 16.9 Å². The molecule has 0 bridgehead atoms. The summed E-state index contributed by atoms with van der Waals surface area (Å²) in [5, 5.41) is 12.4. The number of benzene rings is 4. The molecule has 4 rings (SSSR count). The Kier molecular flexibility index (Phi) is 13.8. The van der Waals surface area contributed by atoms with E-state index in [1.54, 1.807) is 101 Å². The van der Waals surface area contributed by atoms with Gasteiger partial charge in [-0.2, -0.15) is 0 Å². The number of phenolic OH excluding ortho intramolecular Hbond substituents is 1. The number of esters is 2. The molecule has 0 fully saturated rings. The Labute approximate surface area is 249 Å². The van der Waals surface area contributed by atoms with Crippen LogP contribution in [-0.2, 0) is 9.47 Å². The molecule has 224 valence electrons. The van der Waals surface area contributed by atoms with Crippen molar-refractivity contribution >= 4 is 56.5 Å². The first-order valence-electron chi connectivity index (χ1n) is 12.1. The summed E-state index contributed by atoms with van der Waals surface area (Å²) in [6.45, 7) is 0. The van der Waals surface area contributed by atoms with Crippen molar-refractivity contribution in [3.63, 3.8) is 0 Å². The molecule has 0 radical (unpaired) electrons. The molecule has 0 saturated heterocycles. The number of nitrogens with zero attached hydrogens (tertiary/aromatic N) is 2. The fourth-order valence-corrected chi connectivity index (χ4v) is 3.20. The van der Waals surface area contributed by atoms with E-state index in [4.69, 9.17) is 16.3 Å². The molecule has 4 aromatic carbocycles. The topological polar surface area (TPSA) is 123 Å². The van der Waals surface area contributed by atoms with E-state index < -0.39 is 11.5 Å². The average molecular weight is 599 g/mol. The van der Waals surface area contributed by atoms with Crippen molar-refractivity contribution in [1.29, 1.82) is 0 Å². The molecule has 11 heteroatoms. The molecule has 42 heavy (non-hydrogen) atoms. The van der Waals surface area contributed by atoms with Gasteiger partial charge < -0.3 is 29.1 Å². The largest absolute Gasteiger partial charge is 0.508 e. The van der Waals surface area contributed by atoms with Gasteiger partial charge in [-0.15, -0.1) is 0 Å². The van der Waals surface area contributed by atoms with Crippen LogP contribution in [0.5, 0.6) is 11.5 Å². The zero-order valence-electron chi connectivity index (χ0n) is 23.5. The molecule has 0 unspecified atom stereocenters. The monoisotopic (exact) mass is 598 g/mol. The second-order valence-corrected chi connectivity index (χ2v) is 9.19. The van der Waals surface area contributed by atoms with Crippen LogP contribution < -0.4 is 4.74 Å². The minimum atomic E-state index is -0.435. The van der Waals surface area contributed by atoms with E-state index in [9.17, 15) is 24.3 Å². The van der Waals surface area contributed by atoms with Crippen LogP contribution in [0.15, 0.2) is 72.8 Å². The summed E-state index contributed by atoms with van der Waals surface area (Å²) in [4.78, 5) is 46.7. The van der Waals surface area contributed by atoms with Gasteiger partial charge in [0.1, 0.15) is 11.5 Å². The number of fused-ring (bicyclic) bond motifs is 2. The lowest BCUT2D eigenvalue weighted by Crippen LogP contribution is -2.25. The number of carbonyl (C=O) groups excluding carboxylic acids is 4. The number of rotatable bonds is 3. The maximum Gasteiger partial charge on any atom is 0.414 e. The van der Waals surface area contributed by atoms with Crippen molar-refractivity contribution < 1.29 is 38.5 Å². The Morgan fingerprint density at radius 2 is 1.05 bits per heavy atom. The van der Waals surface area contributed by atoms with Gasteiger partial charge in [-0.05, 0) is 81.7 Å². The number of aromatic hydroxyl groups is 1. The fourth-order valence-electron chi connectivity index (χ4n) is 3.20. The van der Waals surface area contributed by atoms with Crippen LogP contribution in [-0.4, -0.2) is 80.7 Å². The first-order chi connectivity index (χ1) is 19.4. The van der Waals surface area contributed by atoms with Gasteiger partial charge in [0.2, 0.25) is 0 Å². The zero-order valence-corrected chi connectivity index (χ0v) is 24.3. The Balaban J connectivity index is 0.000000354. The number of phenols is 1. The minimum absolute atomic E-state index is 0. The summed E-state index contributed by atoms with van der Waals surface area (Å²) in [7, 11) is 9.11. The van der Waals surface area contributed by atoms with Crippen molar-refractivity contribution in [1.82, 2.24) is 9.80 Å². The second-order valence-electron chi connectivity index (χ2n) is 8.86. The van der Waals surface area contributed by atoms with Crippen LogP contribution in [0.25, 0.3) is 21.5 Å². The lowest BCUT2D eigenvalue weighted by molar-refractivity contribution is 0.0592. The number of halogens is 1. The molecular weight excluding hydrogens is 564 g/mol. The molecule has 0 aliphatic carbocycles. The van der Waals surface area contributed by atoms with E-state index in [1.807, 2.05) is 0 Å². The third-order valence-electron chi connectivity index (χ3n) is 5.40. The summed E-state index contributed by atoms with van der Waals surface area (Å²) in [5.41, 5.74) is 0.994. The molecule has 1 N–H and O–H groups in total. The van der Waals surface area contributed by atoms with E-state index in [0.717, 1.165) is 21.5 Å². The number of methoxy groups -OCH3 is 2. The van der Waals surface area contributed by atoms with E-state index >= 15 is 0 Å². The van der Waals surface area contributed by atoms with Crippen LogP contribution in [0.2, 0.25) is 0 Å². The summed E-state index contributed by atoms with van der Waals surface area (Å²) in [5.74, 6) is -0.0599. The number of carbonyl (C=O) groups is 4. The molecule has 0 heterocycles. The fraction of sp³-hybridized carbons (Fsp3) is 0.226. The van der Waals surface area contributed by atoms with Gasteiger partial charge >= 0.3 is 23.4 Å². The molecule has 0 spiro atoms. The number of hydrogen-bond acceptors (Lipinski definition) is 8. The molecule has 0 atom stereocenters. The van der Waals surface area contributed by atoms with Crippen LogP contribution in [0, 0.1) is 0 Å². The third-order valence-corrected chi connectivity index (χ3v) is 5.74. The SMILES string of the molecule is C.CN(C)C(=O)Cl.COC(=O)c1ccc2cc(O)ccc2c1.COC(=O)c1ccc2cc(OC(=O)N(C)C)ccc2c1. The number of amides is 2. The van der Waals surface area contributed by atoms with Gasteiger partial charge in [-0.1, -0.05) is 31.7 Å². The first-order valence-corrected chi connectivity index (χ1v) is 12.4.